The molecule has 1 atom stereocenters. The summed E-state index contributed by atoms with van der Waals surface area (Å²) in [4.78, 5) is 4.44. The molecule has 1 unspecified atom stereocenters. The Morgan fingerprint density at radius 3 is 2.06 bits per heavy atom. The van der Waals surface area contributed by atoms with Crippen molar-refractivity contribution < 1.29 is 0 Å². The van der Waals surface area contributed by atoms with Crippen LogP contribution in [0.5, 0.6) is 0 Å². The third kappa shape index (κ3) is 5.71. The lowest BCUT2D eigenvalue weighted by Crippen LogP contribution is -2.32. The van der Waals surface area contributed by atoms with Gasteiger partial charge in [-0.2, -0.15) is 0 Å². The molecule has 1 aliphatic heterocycles. The topological polar surface area (TPSA) is 6.48 Å². The third-order valence-electron chi connectivity index (χ3n) is 3.42. The first kappa shape index (κ1) is 14.7. The molecule has 0 aliphatic carbocycles. The Balaban J connectivity index is 1.89. The van der Waals surface area contributed by atoms with Crippen LogP contribution in [0.4, 0.5) is 0 Å². The van der Waals surface area contributed by atoms with Crippen molar-refractivity contribution in [3.63, 3.8) is 0 Å². The zero-order chi connectivity index (χ0) is 12.5. The maximum atomic E-state index is 4.55. The summed E-state index contributed by atoms with van der Waals surface area (Å²) in [5, 5.41) is 0. The first-order valence-electron chi connectivity index (χ1n) is 7.09. The van der Waals surface area contributed by atoms with Gasteiger partial charge < -0.3 is 9.80 Å². The molecule has 0 aromatic heterocycles. The fourth-order valence-electron chi connectivity index (χ4n) is 2.20. The molecule has 0 saturated heterocycles. The van der Waals surface area contributed by atoms with Gasteiger partial charge in [-0.15, -0.1) is 12.6 Å². The van der Waals surface area contributed by atoms with Crippen LogP contribution in [-0.2, 0) is 0 Å². The molecule has 0 spiro atoms. The maximum Gasteiger partial charge on any atom is 0.146 e. The van der Waals surface area contributed by atoms with Crippen LogP contribution in [0, 0.1) is 0 Å². The number of hydrogen-bond donors (Lipinski definition) is 1. The number of nitrogens with zero attached hydrogens (tertiary/aromatic N) is 2. The third-order valence-corrected chi connectivity index (χ3v) is 4.08. The predicted octanol–water partition coefficient (Wildman–Crippen LogP) is 4.06. The highest BCUT2D eigenvalue weighted by molar-refractivity contribution is 7.80. The van der Waals surface area contributed by atoms with E-state index in [0.29, 0.717) is 0 Å². The van der Waals surface area contributed by atoms with Crippen LogP contribution in [-0.4, -0.2) is 28.9 Å². The van der Waals surface area contributed by atoms with E-state index in [1.165, 1.54) is 51.4 Å². The standard InChI is InChI=1S/C14H28N2S/c1-3-4-5-6-7-8-9-10-11-16-13-12-15(2)14(16)17/h12-14,17H,3-11H2,1-2H3. The van der Waals surface area contributed by atoms with Gasteiger partial charge in [-0.3, -0.25) is 0 Å². The van der Waals surface area contributed by atoms with Crippen molar-refractivity contribution >= 4 is 12.6 Å². The molecule has 3 heteroatoms. The normalized spacial score (nSPS) is 19.4. The van der Waals surface area contributed by atoms with Crippen molar-refractivity contribution in [2.45, 2.75) is 63.8 Å². The predicted molar refractivity (Wildman–Crippen MR) is 79.0 cm³/mol. The summed E-state index contributed by atoms with van der Waals surface area (Å²) in [7, 11) is 2.07. The Kier molecular flexibility index (Phi) is 7.58. The average Bonchev–Trinajstić information content (AvgIpc) is 2.64. The summed E-state index contributed by atoms with van der Waals surface area (Å²) in [6, 6.07) is 0. The van der Waals surface area contributed by atoms with Gasteiger partial charge in [-0.25, -0.2) is 0 Å². The molecule has 1 rings (SSSR count). The van der Waals surface area contributed by atoms with Gasteiger partial charge in [0.05, 0.1) is 0 Å². The van der Waals surface area contributed by atoms with Crippen molar-refractivity contribution in [1.29, 1.82) is 0 Å². The largest absolute Gasteiger partial charge is 0.351 e. The molecular formula is C14H28N2S. The van der Waals surface area contributed by atoms with Crippen molar-refractivity contribution in [2.24, 2.45) is 0 Å². The first-order valence-corrected chi connectivity index (χ1v) is 7.61. The van der Waals surface area contributed by atoms with Crippen molar-refractivity contribution in [2.75, 3.05) is 13.6 Å². The number of hydrogen-bond acceptors (Lipinski definition) is 3. The molecule has 2 nitrogen and oxygen atoms in total. The van der Waals surface area contributed by atoms with Crippen molar-refractivity contribution in [1.82, 2.24) is 9.80 Å². The molecule has 0 aromatic carbocycles. The van der Waals surface area contributed by atoms with Gasteiger partial charge in [0.25, 0.3) is 0 Å². The van der Waals surface area contributed by atoms with Gasteiger partial charge in [-0.05, 0) is 6.42 Å². The molecule has 0 aromatic rings. The Hall–Kier alpha value is -0.310. The van der Waals surface area contributed by atoms with E-state index in [-0.39, 0.29) is 5.50 Å². The highest BCUT2D eigenvalue weighted by Gasteiger charge is 2.18. The quantitative estimate of drug-likeness (QED) is 0.491. The lowest BCUT2D eigenvalue weighted by Gasteiger charge is -2.25. The molecule has 0 radical (unpaired) electrons. The van der Waals surface area contributed by atoms with E-state index in [1.807, 2.05) is 0 Å². The fourth-order valence-corrected chi connectivity index (χ4v) is 2.47. The smallest absolute Gasteiger partial charge is 0.146 e. The monoisotopic (exact) mass is 256 g/mol. The van der Waals surface area contributed by atoms with Crippen molar-refractivity contribution in [3.8, 4) is 0 Å². The zero-order valence-corrected chi connectivity index (χ0v) is 12.3. The molecular weight excluding hydrogens is 228 g/mol. The number of rotatable bonds is 9. The average molecular weight is 256 g/mol. The van der Waals surface area contributed by atoms with E-state index in [9.17, 15) is 0 Å². The Labute approximate surface area is 112 Å². The molecule has 0 N–H and O–H groups in total. The number of unbranched alkanes of at least 4 members (excludes halogenated alkanes) is 7. The maximum absolute atomic E-state index is 4.55. The molecule has 100 valence electrons. The van der Waals surface area contributed by atoms with E-state index in [4.69, 9.17) is 0 Å². The summed E-state index contributed by atoms with van der Waals surface area (Å²) in [5.74, 6) is 0. The lowest BCUT2D eigenvalue weighted by molar-refractivity contribution is 0.259. The van der Waals surface area contributed by atoms with Crippen molar-refractivity contribution in [3.05, 3.63) is 12.4 Å². The van der Waals surface area contributed by atoms with E-state index < -0.39 is 0 Å². The molecule has 1 heterocycles. The van der Waals surface area contributed by atoms with Crippen LogP contribution in [0.2, 0.25) is 0 Å². The highest BCUT2D eigenvalue weighted by atomic mass is 32.1. The van der Waals surface area contributed by atoms with Gasteiger partial charge in [-0.1, -0.05) is 51.9 Å². The zero-order valence-electron chi connectivity index (χ0n) is 11.4. The van der Waals surface area contributed by atoms with Gasteiger partial charge in [0.2, 0.25) is 0 Å². The van der Waals surface area contributed by atoms with Crippen LogP contribution < -0.4 is 0 Å². The summed E-state index contributed by atoms with van der Waals surface area (Å²) in [6.45, 7) is 3.42. The minimum atomic E-state index is 0.250. The molecule has 0 saturated carbocycles. The van der Waals surface area contributed by atoms with Gasteiger partial charge >= 0.3 is 0 Å². The molecule has 0 amide bonds. The Morgan fingerprint density at radius 2 is 1.53 bits per heavy atom. The second kappa shape index (κ2) is 8.73. The van der Waals surface area contributed by atoms with Crippen LogP contribution >= 0.6 is 12.6 Å². The summed E-state index contributed by atoms with van der Waals surface area (Å²) >= 11 is 4.55. The second-order valence-corrected chi connectivity index (χ2v) is 5.48. The van der Waals surface area contributed by atoms with Crippen LogP contribution in [0.15, 0.2) is 12.4 Å². The highest BCUT2D eigenvalue weighted by Crippen LogP contribution is 2.18. The van der Waals surface area contributed by atoms with Crippen LogP contribution in [0.1, 0.15) is 58.3 Å². The summed E-state index contributed by atoms with van der Waals surface area (Å²) in [6.07, 6.45) is 15.3. The van der Waals surface area contributed by atoms with Gasteiger partial charge in [0.1, 0.15) is 5.50 Å². The molecule has 1 aliphatic rings. The molecule has 17 heavy (non-hydrogen) atoms. The SMILES string of the molecule is CCCCCCCCCCN1C=CN(C)C1S. The number of thiol groups is 1. The van der Waals surface area contributed by atoms with E-state index in [0.717, 1.165) is 6.54 Å². The minimum absolute atomic E-state index is 0.250. The fraction of sp³-hybridized carbons (Fsp3) is 0.857. The van der Waals surface area contributed by atoms with Gasteiger partial charge in [0, 0.05) is 26.0 Å². The van der Waals surface area contributed by atoms with E-state index in [1.54, 1.807) is 0 Å². The summed E-state index contributed by atoms with van der Waals surface area (Å²) in [5.41, 5.74) is 0.250. The first-order chi connectivity index (χ1) is 8.25. The van der Waals surface area contributed by atoms with Gasteiger partial charge in [0.15, 0.2) is 0 Å². The van der Waals surface area contributed by atoms with E-state index in [2.05, 4.69) is 48.8 Å². The Bertz CT molecular complexity index is 218. The molecule has 0 bridgehead atoms. The molecule has 0 fully saturated rings. The second-order valence-electron chi connectivity index (χ2n) is 5.02. The van der Waals surface area contributed by atoms with Crippen LogP contribution in [0.3, 0.4) is 0 Å². The minimum Gasteiger partial charge on any atom is -0.351 e. The van der Waals surface area contributed by atoms with E-state index >= 15 is 0 Å². The van der Waals surface area contributed by atoms with Crippen LogP contribution in [0.25, 0.3) is 0 Å². The Morgan fingerprint density at radius 1 is 0.941 bits per heavy atom. The lowest BCUT2D eigenvalue weighted by atomic mass is 10.1. The summed E-state index contributed by atoms with van der Waals surface area (Å²) < 4.78 is 0.